The van der Waals surface area contributed by atoms with Crippen LogP contribution in [0.25, 0.3) is 22.3 Å². The van der Waals surface area contributed by atoms with E-state index in [1.54, 1.807) is 44.2 Å². The molecule has 43 heavy (non-hydrogen) atoms. The highest BCUT2D eigenvalue weighted by molar-refractivity contribution is 5.97. The van der Waals surface area contributed by atoms with Crippen LogP contribution in [0.3, 0.4) is 0 Å². The number of amides is 1. The van der Waals surface area contributed by atoms with Gasteiger partial charge in [-0.05, 0) is 62.7 Å². The number of fused-ring (bicyclic) bond motifs is 1. The summed E-state index contributed by atoms with van der Waals surface area (Å²) in [4.78, 5) is 45.9. The molecule has 4 aromatic rings. The fourth-order valence-electron chi connectivity index (χ4n) is 4.08. The Kier molecular flexibility index (Phi) is 9.91. The van der Waals surface area contributed by atoms with Crippen molar-refractivity contribution >= 4 is 28.9 Å². The van der Waals surface area contributed by atoms with Crippen LogP contribution in [0.15, 0.2) is 72.8 Å². The van der Waals surface area contributed by atoms with E-state index in [2.05, 4.69) is 15.3 Å². The summed E-state index contributed by atoms with van der Waals surface area (Å²) in [5.41, 5.74) is 0.509. The minimum atomic E-state index is -4.56. The summed E-state index contributed by atoms with van der Waals surface area (Å²) >= 11 is 0. The molecule has 0 aliphatic rings. The fraction of sp³-hybridized carbons (Fsp3) is 0.258. The van der Waals surface area contributed by atoms with Gasteiger partial charge >= 0.3 is 18.1 Å². The molecule has 0 bridgehead atoms. The van der Waals surface area contributed by atoms with Gasteiger partial charge < -0.3 is 19.5 Å². The van der Waals surface area contributed by atoms with E-state index in [4.69, 9.17) is 14.2 Å². The Morgan fingerprint density at radius 2 is 1.56 bits per heavy atom. The van der Waals surface area contributed by atoms with Gasteiger partial charge in [0, 0.05) is 17.5 Å². The first-order valence-electron chi connectivity index (χ1n) is 13.4. The second kappa shape index (κ2) is 13.8. The Morgan fingerprint density at radius 3 is 2.21 bits per heavy atom. The van der Waals surface area contributed by atoms with E-state index in [0.717, 1.165) is 12.1 Å². The first-order chi connectivity index (χ1) is 20.6. The van der Waals surface area contributed by atoms with Gasteiger partial charge in [-0.15, -0.1) is 0 Å². The Hall–Kier alpha value is -5.00. The predicted molar refractivity (Wildman–Crippen MR) is 150 cm³/mol. The van der Waals surface area contributed by atoms with E-state index < -0.39 is 35.6 Å². The number of hydrogen-bond donors (Lipinski definition) is 1. The third-order valence-electron chi connectivity index (χ3n) is 6.16. The molecular weight excluding hydrogens is 567 g/mol. The molecule has 4 rings (SSSR count). The number of esters is 2. The molecule has 1 amide bonds. The quantitative estimate of drug-likeness (QED) is 0.207. The molecule has 1 aromatic heterocycles. The van der Waals surface area contributed by atoms with Crippen molar-refractivity contribution in [3.63, 3.8) is 0 Å². The van der Waals surface area contributed by atoms with Crippen LogP contribution in [0.4, 0.5) is 13.2 Å². The molecule has 1 N–H and O–H groups in total. The molecule has 1 heterocycles. The third kappa shape index (κ3) is 8.06. The molecule has 3 aromatic carbocycles. The van der Waals surface area contributed by atoms with Gasteiger partial charge in [-0.1, -0.05) is 30.3 Å². The van der Waals surface area contributed by atoms with E-state index in [1.807, 2.05) is 0 Å². The van der Waals surface area contributed by atoms with Gasteiger partial charge in [-0.2, -0.15) is 13.2 Å². The number of halogens is 3. The number of ether oxygens (including phenoxy) is 3. The van der Waals surface area contributed by atoms with Crippen LogP contribution >= 0.6 is 0 Å². The summed E-state index contributed by atoms with van der Waals surface area (Å²) < 4.78 is 55.8. The molecule has 0 spiro atoms. The maximum Gasteiger partial charge on any atom is 0.416 e. The summed E-state index contributed by atoms with van der Waals surface area (Å²) in [5, 5.41) is 2.58. The highest BCUT2D eigenvalue weighted by atomic mass is 19.4. The molecule has 0 aliphatic carbocycles. The molecule has 12 heteroatoms. The van der Waals surface area contributed by atoms with E-state index in [9.17, 15) is 27.6 Å². The highest BCUT2D eigenvalue weighted by Gasteiger charge is 2.31. The van der Waals surface area contributed by atoms with Gasteiger partial charge in [0.05, 0.1) is 29.8 Å². The van der Waals surface area contributed by atoms with Crippen LogP contribution in [0.2, 0.25) is 0 Å². The number of hydrogen-bond acceptors (Lipinski definition) is 8. The summed E-state index contributed by atoms with van der Waals surface area (Å²) in [6.07, 6.45) is -4.66. The van der Waals surface area contributed by atoms with Crippen molar-refractivity contribution in [3.05, 3.63) is 83.9 Å². The third-order valence-corrected chi connectivity index (χ3v) is 6.16. The minimum Gasteiger partial charge on any atom is -0.466 e. The molecule has 0 aliphatic heterocycles. The van der Waals surface area contributed by atoms with Crippen molar-refractivity contribution in [1.29, 1.82) is 0 Å². The zero-order valence-corrected chi connectivity index (χ0v) is 23.3. The molecule has 224 valence electrons. The molecule has 0 unspecified atom stereocenters. The van der Waals surface area contributed by atoms with Crippen LogP contribution in [0, 0.1) is 0 Å². The number of nitrogens with one attached hydrogen (secondary N) is 1. The van der Waals surface area contributed by atoms with Gasteiger partial charge in [0.25, 0.3) is 5.91 Å². The SMILES string of the molecule is CCOC(=O)CC[C@H](NC(=O)c1ccc(Oc2nc3cc(C(F)(F)F)ccc3nc2-c2ccccc2)cc1)C(=O)OCC. The van der Waals surface area contributed by atoms with Crippen molar-refractivity contribution in [2.24, 2.45) is 0 Å². The van der Waals surface area contributed by atoms with Crippen molar-refractivity contribution in [1.82, 2.24) is 15.3 Å². The largest absolute Gasteiger partial charge is 0.466 e. The van der Waals surface area contributed by atoms with Gasteiger partial charge in [-0.25, -0.2) is 14.8 Å². The van der Waals surface area contributed by atoms with Crippen LogP contribution in [0.5, 0.6) is 11.6 Å². The van der Waals surface area contributed by atoms with E-state index >= 15 is 0 Å². The van der Waals surface area contributed by atoms with Gasteiger partial charge in [-0.3, -0.25) is 9.59 Å². The fourth-order valence-corrected chi connectivity index (χ4v) is 4.08. The monoisotopic (exact) mass is 595 g/mol. The second-order valence-corrected chi connectivity index (χ2v) is 9.19. The number of alkyl halides is 3. The van der Waals surface area contributed by atoms with Crippen molar-refractivity contribution in [2.75, 3.05) is 13.2 Å². The lowest BCUT2D eigenvalue weighted by molar-refractivity contribution is -0.147. The van der Waals surface area contributed by atoms with E-state index in [1.165, 1.54) is 30.3 Å². The van der Waals surface area contributed by atoms with Crippen molar-refractivity contribution in [2.45, 2.75) is 38.9 Å². The Morgan fingerprint density at radius 1 is 0.860 bits per heavy atom. The van der Waals surface area contributed by atoms with Crippen molar-refractivity contribution < 1.29 is 41.8 Å². The Bertz CT molecular complexity index is 1590. The smallest absolute Gasteiger partial charge is 0.416 e. The zero-order chi connectivity index (χ0) is 31.0. The number of rotatable bonds is 11. The first-order valence-corrected chi connectivity index (χ1v) is 13.4. The average molecular weight is 596 g/mol. The summed E-state index contributed by atoms with van der Waals surface area (Å²) in [6, 6.07) is 16.8. The molecule has 0 saturated heterocycles. The lowest BCUT2D eigenvalue weighted by Crippen LogP contribution is -2.42. The van der Waals surface area contributed by atoms with E-state index in [-0.39, 0.29) is 54.3 Å². The van der Waals surface area contributed by atoms with Gasteiger partial charge in [0.1, 0.15) is 17.5 Å². The Labute approximate surface area is 245 Å². The molecule has 1 atom stereocenters. The Balaban J connectivity index is 1.57. The number of nitrogens with zero attached hydrogens (tertiary/aromatic N) is 2. The molecule has 0 radical (unpaired) electrons. The number of carbonyl (C=O) groups excluding carboxylic acids is 3. The molecule has 0 saturated carbocycles. The van der Waals surface area contributed by atoms with E-state index in [0.29, 0.717) is 11.3 Å². The van der Waals surface area contributed by atoms with Crippen LogP contribution in [0.1, 0.15) is 42.6 Å². The lowest BCUT2D eigenvalue weighted by atomic mass is 10.1. The first kappa shape index (κ1) is 30.9. The topological polar surface area (TPSA) is 117 Å². The summed E-state index contributed by atoms with van der Waals surface area (Å²) in [7, 11) is 0. The molecule has 9 nitrogen and oxygen atoms in total. The molecule has 0 fully saturated rings. The average Bonchev–Trinajstić information content (AvgIpc) is 2.99. The predicted octanol–water partition coefficient (Wildman–Crippen LogP) is 6.11. The number of benzene rings is 3. The highest BCUT2D eigenvalue weighted by Crippen LogP contribution is 2.35. The normalized spacial score (nSPS) is 11.9. The zero-order valence-electron chi connectivity index (χ0n) is 23.3. The maximum absolute atomic E-state index is 13.3. The van der Waals surface area contributed by atoms with Crippen LogP contribution < -0.4 is 10.1 Å². The maximum atomic E-state index is 13.3. The standard InChI is InChI=1S/C31H28F3N3O6/c1-3-41-26(38)17-16-24(30(40)42-4-2)36-28(39)20-10-13-22(14-11-20)43-29-27(19-8-6-5-7-9-19)35-23-15-12-21(31(32,33)34)18-25(23)37-29/h5-15,18,24H,3-4,16-17H2,1-2H3,(H,36,39)/t24-/m0/s1. The lowest BCUT2D eigenvalue weighted by Gasteiger charge is -2.17. The van der Waals surface area contributed by atoms with Crippen LogP contribution in [-0.4, -0.2) is 47.1 Å². The minimum absolute atomic E-state index is 0.00618. The van der Waals surface area contributed by atoms with Gasteiger partial charge in [0.2, 0.25) is 5.88 Å². The van der Waals surface area contributed by atoms with Gasteiger partial charge in [0.15, 0.2) is 0 Å². The second-order valence-electron chi connectivity index (χ2n) is 9.19. The number of carbonyl (C=O) groups is 3. The van der Waals surface area contributed by atoms with Crippen LogP contribution in [-0.2, 0) is 25.2 Å². The van der Waals surface area contributed by atoms with Crippen molar-refractivity contribution in [3.8, 4) is 22.9 Å². The summed E-state index contributed by atoms with van der Waals surface area (Å²) in [6.45, 7) is 3.57. The summed E-state index contributed by atoms with van der Waals surface area (Å²) in [5.74, 6) is -1.58. The number of aromatic nitrogens is 2. The molecular formula is C31H28F3N3O6.